The number of aliphatic hydroxyl groups is 8. The average molecular weight is 1950 g/mol. The second kappa shape index (κ2) is 49.5. The van der Waals surface area contributed by atoms with Gasteiger partial charge >= 0.3 is 12.1 Å². The minimum Gasteiger partial charge on any atom is -0.507 e. The Morgan fingerprint density at radius 3 is 1.39 bits per heavy atom. The lowest BCUT2D eigenvalue weighted by Gasteiger charge is -2.42. The Bertz CT molecular complexity index is 5860. The molecule has 0 spiro atoms. The molecule has 48 nitrogen and oxygen atoms in total. The number of hydrogen-bond acceptors (Lipinski definition) is 39. The first kappa shape index (κ1) is 108. The van der Waals surface area contributed by atoms with Crippen molar-refractivity contribution in [1.29, 1.82) is 2.86 Å². The predicted molar refractivity (Wildman–Crippen MR) is 474 cm³/mol. The number of non-ortho nitro benzene ring substituents is 1. The highest BCUT2D eigenvalue weighted by Crippen LogP contribution is 2.55. The smallest absolute Gasteiger partial charge is 0.507 e. The number of nitro benzene ring substituents is 3. The van der Waals surface area contributed by atoms with Gasteiger partial charge in [-0.05, 0) is 105 Å². The van der Waals surface area contributed by atoms with E-state index in [9.17, 15) is 120 Å². The second-order valence-corrected chi connectivity index (χ2v) is 30.7. The minimum absolute atomic E-state index is 0. The third-order valence-electron chi connectivity index (χ3n) is 22.2. The number of Topliss-reactive ketones (excluding diaryl/α,β-unsaturated/α-hetero) is 2. The largest absolute Gasteiger partial charge is 0.514 e. The van der Waals surface area contributed by atoms with Crippen LogP contribution in [0.2, 0.25) is 0 Å². The third-order valence-corrected chi connectivity index (χ3v) is 22.2. The molecule has 4 aliphatic carbocycles. The number of nitrogens with two attached hydrogens (primary N) is 1. The van der Waals surface area contributed by atoms with Crippen molar-refractivity contribution >= 4 is 88.7 Å². The Morgan fingerprint density at radius 2 is 0.993 bits per heavy atom. The summed E-state index contributed by atoms with van der Waals surface area (Å²) in [4.78, 5) is 144. The standard InChI is InChI=1S/C39H40N4O15.C27H29NO10.C17H15N5O8.CH3N3O.CH4O.CH4.2ClH/c1-18-5-3-6-23-30(18)37(50)33-32(35(23)48)36(49)24-14-39(52,27(45)16-44)15-26(31(24)38(33)51)58-29-13-20(34(47)19(2)57-29)12-28(46)56-17-21-11-22(7-8-25(21)43(53)54)55-10-4-9-41-42-40;1-10-4-3-5-12-18(10)25(34)21-20(23(12)32)24(33)13-7-27(36,16(30)9-29)8-15(19(13)26(21)35)38-17-6-14(28)22(31)11(2)37-17;18-20-19-8-1-9-28-15-6-7-16(22(26)27)12(10-15)11-29-17(23)30-14-4-2-13(3-5-14)21(24)25;2-4-3-1-5;1-2;;;/h3,5-8,11,19-20,26,29,34,44,47,49,51-52H,4,9-10,12-17H2,1-2H3;3-5,11,14-15,17,22,29,31,33,35-36H,6-9,28H2,1-2H3;2-7,10H,1,8-9,11H2;5H,1H2;2H,1H3;1H4;2*1H/t19-,20-,26-,29-,34+,39-;11-,14-,15-,17-,22+,27-;;;;;;/m00....../s1/i;;;5D;2D;;;. The molecule has 2 fully saturated rings. The number of carbonyl (C=O) groups is 8. The molecule has 2 aliphatic heterocycles. The molecule has 7 aromatic rings. The molecule has 136 heavy (non-hydrogen) atoms. The number of rotatable bonds is 30. The van der Waals surface area contributed by atoms with E-state index in [0.717, 1.165) is 12.1 Å². The van der Waals surface area contributed by atoms with Crippen molar-refractivity contribution in [3.8, 4) is 40.2 Å². The number of phenols is 4. The van der Waals surface area contributed by atoms with E-state index in [2.05, 4.69) is 40.3 Å². The fraction of sp³-hybridized carbons (Fsp3) is 0.419. The number of azide groups is 3. The van der Waals surface area contributed by atoms with Crippen LogP contribution < -0.4 is 19.9 Å². The summed E-state index contributed by atoms with van der Waals surface area (Å²) >= 11 is 0. The molecule has 0 saturated carbocycles. The van der Waals surface area contributed by atoms with Gasteiger partial charge in [-0.2, -0.15) is 0 Å². The highest BCUT2D eigenvalue weighted by Gasteiger charge is 2.53. The number of nitrogens with zero attached hydrogens (tertiary/aromatic N) is 12. The maximum atomic E-state index is 13.9. The van der Waals surface area contributed by atoms with Crippen molar-refractivity contribution in [2.24, 2.45) is 27.0 Å². The van der Waals surface area contributed by atoms with Gasteiger partial charge in [0.15, 0.2) is 47.3 Å². The van der Waals surface area contributed by atoms with Gasteiger partial charge in [-0.1, -0.05) is 59.2 Å². The molecule has 6 aliphatic rings. The van der Waals surface area contributed by atoms with E-state index >= 15 is 0 Å². The van der Waals surface area contributed by atoms with Gasteiger partial charge in [0, 0.05) is 154 Å². The van der Waals surface area contributed by atoms with Crippen molar-refractivity contribution in [2.75, 3.05) is 53.4 Å². The molecule has 12 atom stereocenters. The van der Waals surface area contributed by atoms with E-state index in [1.165, 1.54) is 74.7 Å². The number of benzene rings is 7. The van der Waals surface area contributed by atoms with Gasteiger partial charge < -0.3 is 110 Å². The van der Waals surface area contributed by atoms with Crippen LogP contribution in [0.3, 0.4) is 0 Å². The third kappa shape index (κ3) is 25.3. The van der Waals surface area contributed by atoms with Gasteiger partial charge in [0.25, 0.3) is 17.1 Å². The number of fused-ring (bicyclic) bond motifs is 6. The number of esters is 1. The van der Waals surface area contributed by atoms with E-state index in [1.54, 1.807) is 45.0 Å². The van der Waals surface area contributed by atoms with Crippen LogP contribution in [0.25, 0.3) is 31.3 Å². The number of aliphatic hydroxyl groups excluding tert-OH is 6. The Hall–Kier alpha value is -13.7. The van der Waals surface area contributed by atoms with Crippen LogP contribution in [0.15, 0.2) is 112 Å². The topological polar surface area (TPSA) is 764 Å². The van der Waals surface area contributed by atoms with Crippen LogP contribution in [-0.2, 0) is 68.9 Å². The summed E-state index contributed by atoms with van der Waals surface area (Å²) in [6.45, 7) is 3.83. The quantitative estimate of drug-likeness (QED) is 0.00229. The van der Waals surface area contributed by atoms with Crippen LogP contribution in [-0.4, -0.2) is 233 Å². The summed E-state index contributed by atoms with van der Waals surface area (Å²) in [6.07, 6.45) is -12.2. The van der Waals surface area contributed by atoms with Gasteiger partial charge in [0.05, 0.1) is 104 Å². The zero-order chi connectivity index (χ0) is 99.2. The molecular formula is C86H97Cl2N13O35. The number of nitro groups is 3. The minimum atomic E-state index is -2.37. The maximum Gasteiger partial charge on any atom is 0.514 e. The molecule has 730 valence electrons. The molecule has 7 aromatic carbocycles. The fourth-order valence-corrected chi connectivity index (χ4v) is 15.8. The number of carbonyl (C=O) groups excluding carboxylic acids is 8. The highest BCUT2D eigenvalue weighted by molar-refractivity contribution is 6.32. The summed E-state index contributed by atoms with van der Waals surface area (Å²) in [5, 5.41) is 159. The van der Waals surface area contributed by atoms with E-state index in [-0.39, 0.29) is 162 Å². The van der Waals surface area contributed by atoms with Gasteiger partial charge in [-0.3, -0.25) is 63.9 Å². The SMILES string of the molecule is C.Cc1cccc2c1C(=O)c1c(O)c3c(c(O)c1C2=O)C[C@@](O)(C(=O)CO)C[C@@H]3O[C@H]1C[C@H](CC(=O)OCc2cc(OCCCN=[N+]=[N-])ccc2[N+](=O)[O-])[C@H](O)[C@H](C)O1.Cc1cccc2c1C(=O)c1c(O)c3c(c(O)c1C2=O)C[C@@](O)(C(=O)CO)C[C@@H]3O[C@H]1C[C@H](N)[C@H](O)[C@H](C)O1.Cl.Cl.[2H]OC.[2H]OCN=[N+]=[N-].[N-]=[N+]=NCCCOc1ccc([N+](=O)[O-])c(COC(=O)Oc2ccc([N+](=O)[O-])cc2)c1. The number of hydrogen-bond donors (Lipinski definition) is 13. The second-order valence-electron chi connectivity index (χ2n) is 30.7. The lowest BCUT2D eigenvalue weighted by Crippen LogP contribution is -2.53. The van der Waals surface area contributed by atoms with Crippen molar-refractivity contribution in [2.45, 2.75) is 173 Å². The molecule has 0 radical (unpaired) electrons. The van der Waals surface area contributed by atoms with Gasteiger partial charge in [0.2, 0.25) is 2.86 Å². The van der Waals surface area contributed by atoms with Gasteiger partial charge in [0.1, 0.15) is 84.6 Å². The van der Waals surface area contributed by atoms with Crippen LogP contribution in [0, 0.1) is 50.1 Å². The number of aromatic hydroxyl groups is 4. The molecule has 2 saturated heterocycles. The first-order valence-corrected chi connectivity index (χ1v) is 40.4. The normalized spacial score (nSPS) is 21.1. The Labute approximate surface area is 786 Å². The van der Waals surface area contributed by atoms with Crippen molar-refractivity contribution in [3.05, 3.63) is 248 Å². The zero-order valence-electron chi connectivity index (χ0n) is 74.2. The number of ketones is 6. The number of phenolic OH excluding ortho intramolecular Hbond substituents is 4. The maximum absolute atomic E-state index is 13.9. The lowest BCUT2D eigenvalue weighted by molar-refractivity contribution is -0.386. The van der Waals surface area contributed by atoms with Crippen LogP contribution in [0.4, 0.5) is 21.9 Å². The van der Waals surface area contributed by atoms with Gasteiger partial charge in [-0.15, -0.1) is 24.8 Å². The predicted octanol–water partition coefficient (Wildman–Crippen LogP) is 9.64. The summed E-state index contributed by atoms with van der Waals surface area (Å²) in [7, 11) is 1.29. The van der Waals surface area contributed by atoms with Crippen molar-refractivity contribution in [3.63, 3.8) is 0 Å². The van der Waals surface area contributed by atoms with Gasteiger partial charge in [-0.25, -0.2) is 4.79 Å². The Balaban J connectivity index is 0.000000316. The van der Waals surface area contributed by atoms with Crippen molar-refractivity contribution in [1.82, 2.24) is 0 Å². The molecule has 0 amide bonds. The highest BCUT2D eigenvalue weighted by atomic mass is 35.5. The first-order valence-electron chi connectivity index (χ1n) is 41.2. The van der Waals surface area contributed by atoms with E-state index in [1.807, 2.05) is 0 Å². The summed E-state index contributed by atoms with van der Waals surface area (Å²) in [6, 6.07) is 21.1. The zero-order valence-corrected chi connectivity index (χ0v) is 73.8. The molecule has 14 N–H and O–H groups in total. The van der Waals surface area contributed by atoms with Crippen LogP contribution in [0.5, 0.6) is 40.2 Å². The Morgan fingerprint density at radius 1 is 0.581 bits per heavy atom. The average Bonchev–Trinajstić information content (AvgIpc) is 0.713. The molecule has 0 bridgehead atoms. The number of ether oxygens (including phenoxy) is 9. The first-order chi connectivity index (χ1) is 64.2. The van der Waals surface area contributed by atoms with Crippen molar-refractivity contribution < 1.29 is 157 Å². The number of halogens is 2. The fourth-order valence-electron chi connectivity index (χ4n) is 15.8. The molecule has 0 unspecified atom stereocenters. The van der Waals surface area contributed by atoms with E-state index in [4.69, 9.17) is 67.8 Å². The molecular weight excluding hydrogens is 1850 g/mol. The molecule has 50 heteroatoms. The summed E-state index contributed by atoms with van der Waals surface area (Å²) in [5.41, 5.74) is 23.4. The lowest BCUT2D eigenvalue weighted by atomic mass is 9.71. The molecule has 13 rings (SSSR count). The van der Waals surface area contributed by atoms with E-state index < -0.39 is 238 Å². The molecule has 0 aromatic heterocycles. The van der Waals surface area contributed by atoms with Crippen LogP contribution >= 0.6 is 24.8 Å². The summed E-state index contributed by atoms with van der Waals surface area (Å²) < 4.78 is 61.7. The Kier molecular flexibility index (Phi) is 39.2. The molecule has 2 heterocycles. The van der Waals surface area contributed by atoms with Crippen LogP contribution in [0.1, 0.15) is 187 Å². The summed E-state index contributed by atoms with van der Waals surface area (Å²) in [5.74, 6) is -8.82. The van der Waals surface area contributed by atoms with E-state index in [0.29, 0.717) is 29.7 Å². The monoisotopic (exact) mass is 1940 g/mol. The number of aryl methyl sites for hydroxylation is 2.